The number of carboxylic acid groups (broad SMARTS) is 1. The van der Waals surface area contributed by atoms with Crippen LogP contribution in [0.25, 0.3) is 0 Å². The fourth-order valence-corrected chi connectivity index (χ4v) is 3.99. The van der Waals surface area contributed by atoms with Crippen LogP contribution in [0.5, 0.6) is 5.75 Å². The van der Waals surface area contributed by atoms with Crippen LogP contribution in [0.1, 0.15) is 36.7 Å². The minimum Gasteiger partial charge on any atom is -0.486 e. The van der Waals surface area contributed by atoms with Crippen molar-refractivity contribution in [2.24, 2.45) is 0 Å². The molecule has 2 aromatic rings. The van der Waals surface area contributed by atoms with Crippen molar-refractivity contribution < 1.29 is 19.4 Å². The first kappa shape index (κ1) is 23.8. The summed E-state index contributed by atoms with van der Waals surface area (Å²) in [5.41, 5.74) is 1.80. The summed E-state index contributed by atoms with van der Waals surface area (Å²) in [6, 6.07) is 13.1. The van der Waals surface area contributed by atoms with Gasteiger partial charge in [-0.1, -0.05) is 41.4 Å². The van der Waals surface area contributed by atoms with Crippen LogP contribution in [0.15, 0.2) is 42.5 Å². The molecule has 1 fully saturated rings. The number of morpholine rings is 1. The standard InChI is InChI=1S/C21H23Cl2NO4.ClH/c1-14(21-17(22)3-2-4-18(21)23)28-16-7-5-15(6-8-16)19-13-24(11-12-27-19)10-9-20(25)26;/h2-8,14,19H,9-13H2,1H3,(H,25,26);1H. The number of hydrogen-bond acceptors (Lipinski definition) is 4. The zero-order valence-electron chi connectivity index (χ0n) is 16.0. The lowest BCUT2D eigenvalue weighted by molar-refractivity contribution is -0.137. The fraction of sp³-hybridized carbons (Fsp3) is 0.381. The van der Waals surface area contributed by atoms with Crippen LogP contribution in [-0.4, -0.2) is 42.2 Å². The molecule has 3 rings (SSSR count). The number of ether oxygens (including phenoxy) is 2. The van der Waals surface area contributed by atoms with Gasteiger partial charge in [0, 0.05) is 35.2 Å². The van der Waals surface area contributed by atoms with Crippen LogP contribution >= 0.6 is 35.6 Å². The molecule has 5 nitrogen and oxygen atoms in total. The molecule has 0 aromatic heterocycles. The second-order valence-corrected chi connectivity index (χ2v) is 7.58. The van der Waals surface area contributed by atoms with Gasteiger partial charge in [-0.3, -0.25) is 9.69 Å². The number of rotatable bonds is 7. The van der Waals surface area contributed by atoms with E-state index in [-0.39, 0.29) is 31.0 Å². The van der Waals surface area contributed by atoms with Crippen LogP contribution in [0.2, 0.25) is 10.0 Å². The Labute approximate surface area is 186 Å². The first-order chi connectivity index (χ1) is 13.4. The molecule has 2 atom stereocenters. The second kappa shape index (κ2) is 11.0. The highest BCUT2D eigenvalue weighted by molar-refractivity contribution is 6.36. The first-order valence-corrected chi connectivity index (χ1v) is 9.96. The monoisotopic (exact) mass is 459 g/mol. The average Bonchev–Trinajstić information content (AvgIpc) is 2.67. The van der Waals surface area contributed by atoms with Gasteiger partial charge in [0.2, 0.25) is 0 Å². The minimum absolute atomic E-state index is 0. The summed E-state index contributed by atoms with van der Waals surface area (Å²) in [6.45, 7) is 4.46. The van der Waals surface area contributed by atoms with Crippen molar-refractivity contribution in [1.82, 2.24) is 4.90 Å². The van der Waals surface area contributed by atoms with Gasteiger partial charge in [0.05, 0.1) is 19.1 Å². The zero-order valence-corrected chi connectivity index (χ0v) is 18.3. The molecule has 0 spiro atoms. The van der Waals surface area contributed by atoms with E-state index in [4.69, 9.17) is 37.8 Å². The average molecular weight is 461 g/mol. The Bertz CT molecular complexity index is 796. The Balaban J connectivity index is 0.00000300. The number of hydrogen-bond donors (Lipinski definition) is 1. The maximum absolute atomic E-state index is 10.8. The van der Waals surface area contributed by atoms with Crippen molar-refractivity contribution in [3.8, 4) is 5.75 Å². The maximum Gasteiger partial charge on any atom is 0.304 e. The molecular formula is C21H24Cl3NO4. The number of carbonyl (C=O) groups is 1. The number of carboxylic acids is 1. The first-order valence-electron chi connectivity index (χ1n) is 9.20. The van der Waals surface area contributed by atoms with Crippen LogP contribution in [0.3, 0.4) is 0 Å². The molecule has 29 heavy (non-hydrogen) atoms. The molecule has 1 heterocycles. The largest absolute Gasteiger partial charge is 0.486 e. The van der Waals surface area contributed by atoms with E-state index in [0.717, 1.165) is 17.7 Å². The Morgan fingerprint density at radius 2 is 1.90 bits per heavy atom. The molecule has 1 aliphatic rings. The van der Waals surface area contributed by atoms with E-state index in [0.29, 0.717) is 35.5 Å². The van der Waals surface area contributed by atoms with E-state index >= 15 is 0 Å². The van der Waals surface area contributed by atoms with Crippen LogP contribution in [0.4, 0.5) is 0 Å². The van der Waals surface area contributed by atoms with E-state index < -0.39 is 5.97 Å². The zero-order chi connectivity index (χ0) is 20.1. The molecule has 158 valence electrons. The van der Waals surface area contributed by atoms with Gasteiger partial charge in [0.15, 0.2) is 0 Å². The molecule has 1 aliphatic heterocycles. The molecule has 8 heteroatoms. The third-order valence-corrected chi connectivity index (χ3v) is 5.42. The molecule has 0 aliphatic carbocycles. The molecule has 0 bridgehead atoms. The van der Waals surface area contributed by atoms with E-state index in [1.165, 1.54) is 0 Å². The summed E-state index contributed by atoms with van der Waals surface area (Å²) in [5.74, 6) is -0.0666. The highest BCUT2D eigenvalue weighted by Crippen LogP contribution is 2.33. The molecule has 0 radical (unpaired) electrons. The Kier molecular flexibility index (Phi) is 9.05. The quantitative estimate of drug-likeness (QED) is 0.599. The Morgan fingerprint density at radius 1 is 1.24 bits per heavy atom. The lowest BCUT2D eigenvalue weighted by atomic mass is 10.1. The Morgan fingerprint density at radius 3 is 2.52 bits per heavy atom. The van der Waals surface area contributed by atoms with Gasteiger partial charge in [-0.2, -0.15) is 0 Å². The van der Waals surface area contributed by atoms with Crippen molar-refractivity contribution in [3.05, 3.63) is 63.6 Å². The molecule has 2 aromatic carbocycles. The number of nitrogens with zero attached hydrogens (tertiary/aromatic N) is 1. The van der Waals surface area contributed by atoms with Crippen molar-refractivity contribution in [2.45, 2.75) is 25.6 Å². The predicted octanol–water partition coefficient (Wildman–Crippen LogP) is 5.40. The third kappa shape index (κ3) is 6.49. The summed E-state index contributed by atoms with van der Waals surface area (Å²) >= 11 is 12.5. The van der Waals surface area contributed by atoms with Gasteiger partial charge >= 0.3 is 5.97 Å². The summed E-state index contributed by atoms with van der Waals surface area (Å²) in [6.07, 6.45) is -0.223. The predicted molar refractivity (Wildman–Crippen MR) is 117 cm³/mol. The fourth-order valence-electron chi connectivity index (χ4n) is 3.28. The van der Waals surface area contributed by atoms with Crippen molar-refractivity contribution in [1.29, 1.82) is 0 Å². The maximum atomic E-state index is 10.8. The summed E-state index contributed by atoms with van der Waals surface area (Å²) in [7, 11) is 0. The van der Waals surface area contributed by atoms with Crippen molar-refractivity contribution >= 4 is 41.6 Å². The summed E-state index contributed by atoms with van der Waals surface area (Å²) < 4.78 is 11.9. The van der Waals surface area contributed by atoms with Gasteiger partial charge in [0.1, 0.15) is 11.9 Å². The van der Waals surface area contributed by atoms with Crippen molar-refractivity contribution in [2.75, 3.05) is 26.2 Å². The SMILES string of the molecule is CC(Oc1ccc(C2CN(CCC(=O)O)CCO2)cc1)c1c(Cl)cccc1Cl.Cl. The minimum atomic E-state index is -0.780. The van der Waals surface area contributed by atoms with Gasteiger partial charge < -0.3 is 14.6 Å². The smallest absolute Gasteiger partial charge is 0.304 e. The van der Waals surface area contributed by atoms with E-state index in [1.54, 1.807) is 18.2 Å². The van der Waals surface area contributed by atoms with Gasteiger partial charge in [-0.15, -0.1) is 12.4 Å². The van der Waals surface area contributed by atoms with Crippen molar-refractivity contribution in [3.63, 3.8) is 0 Å². The highest BCUT2D eigenvalue weighted by atomic mass is 35.5. The molecule has 0 saturated carbocycles. The molecule has 1 N–H and O–H groups in total. The van der Waals surface area contributed by atoms with Crippen LogP contribution < -0.4 is 4.74 Å². The van der Waals surface area contributed by atoms with Gasteiger partial charge in [-0.25, -0.2) is 0 Å². The molecule has 2 unspecified atom stereocenters. The Hall–Kier alpha value is -1.50. The topological polar surface area (TPSA) is 59.0 Å². The molecule has 1 saturated heterocycles. The van der Waals surface area contributed by atoms with Crippen LogP contribution in [0, 0.1) is 0 Å². The number of benzene rings is 2. The molecule has 0 amide bonds. The van der Waals surface area contributed by atoms with E-state index in [1.807, 2.05) is 31.2 Å². The van der Waals surface area contributed by atoms with Crippen LogP contribution in [-0.2, 0) is 9.53 Å². The van der Waals surface area contributed by atoms with E-state index in [2.05, 4.69) is 4.90 Å². The van der Waals surface area contributed by atoms with Gasteiger partial charge in [0.25, 0.3) is 0 Å². The third-order valence-electron chi connectivity index (χ3n) is 4.76. The number of halogens is 3. The van der Waals surface area contributed by atoms with E-state index in [9.17, 15) is 4.79 Å². The number of aliphatic carboxylic acids is 1. The summed E-state index contributed by atoms with van der Waals surface area (Å²) in [4.78, 5) is 12.9. The summed E-state index contributed by atoms with van der Waals surface area (Å²) in [5, 5.41) is 10.0. The lowest BCUT2D eigenvalue weighted by Crippen LogP contribution is -2.39. The van der Waals surface area contributed by atoms with Gasteiger partial charge in [-0.05, 0) is 36.8 Å². The normalized spacial score (nSPS) is 18.0. The molecular weight excluding hydrogens is 437 g/mol. The highest BCUT2D eigenvalue weighted by Gasteiger charge is 2.22. The second-order valence-electron chi connectivity index (χ2n) is 6.77. The lowest BCUT2D eigenvalue weighted by Gasteiger charge is -2.32.